The lowest BCUT2D eigenvalue weighted by Crippen LogP contribution is -2.57. The van der Waals surface area contributed by atoms with Crippen molar-refractivity contribution in [1.29, 1.82) is 0 Å². The minimum absolute atomic E-state index is 0.0113. The zero-order valence-corrected chi connectivity index (χ0v) is 29.5. The number of carbonyl (C=O) groups is 3. The van der Waals surface area contributed by atoms with E-state index in [0.717, 1.165) is 11.1 Å². The van der Waals surface area contributed by atoms with Crippen molar-refractivity contribution in [2.75, 3.05) is 24.7 Å². The molecule has 0 radical (unpaired) electrons. The molecule has 4 N–H and O–H groups in total. The van der Waals surface area contributed by atoms with Gasteiger partial charge in [0.25, 0.3) is 0 Å². The molecule has 4 aromatic carbocycles. The minimum Gasteiger partial charge on any atom is -0.508 e. The van der Waals surface area contributed by atoms with E-state index < -0.39 is 40.8 Å². The third-order valence-electron chi connectivity index (χ3n) is 9.42. The molecule has 4 aromatic rings. The third kappa shape index (κ3) is 10.9. The predicted molar refractivity (Wildman–Crippen MR) is 193 cm³/mol. The number of aliphatic hydroxyl groups is 1. The maximum Gasteiger partial charge on any atom is 0.329 e. The number of rotatable bonds is 18. The lowest BCUT2D eigenvalue weighted by molar-refractivity contribution is -0.212. The van der Waals surface area contributed by atoms with Gasteiger partial charge in [0, 0.05) is 18.5 Å². The molecule has 1 fully saturated rings. The highest BCUT2D eigenvalue weighted by atomic mass is 19.1. The van der Waals surface area contributed by atoms with Crippen LogP contribution in [0.3, 0.4) is 0 Å². The number of hydrogen-bond acceptors (Lipinski definition) is 7. The Hall–Kier alpha value is -5.17. The summed E-state index contributed by atoms with van der Waals surface area (Å²) in [6.07, 6.45) is 1.18. The number of aryl methyl sites for hydroxylation is 1. The summed E-state index contributed by atoms with van der Waals surface area (Å²) >= 11 is 0. The number of aliphatic carboxylic acids is 1. The van der Waals surface area contributed by atoms with Gasteiger partial charge in [-0.15, -0.1) is 0 Å². The van der Waals surface area contributed by atoms with Gasteiger partial charge in [0.05, 0.1) is 25.9 Å². The quantitative estimate of drug-likeness (QED) is 0.0972. The number of halogens is 2. The van der Waals surface area contributed by atoms with Crippen LogP contribution < -0.4 is 10.2 Å². The van der Waals surface area contributed by atoms with Crippen LogP contribution >= 0.6 is 0 Å². The summed E-state index contributed by atoms with van der Waals surface area (Å²) < 4.78 is 38.4. The van der Waals surface area contributed by atoms with Crippen LogP contribution in [0.4, 0.5) is 14.5 Å². The van der Waals surface area contributed by atoms with E-state index in [1.54, 1.807) is 29.2 Å². The van der Waals surface area contributed by atoms with Gasteiger partial charge >= 0.3 is 5.97 Å². The molecule has 0 aromatic heterocycles. The van der Waals surface area contributed by atoms with Crippen molar-refractivity contribution in [3.63, 3.8) is 0 Å². The molecule has 0 aliphatic carbocycles. The summed E-state index contributed by atoms with van der Waals surface area (Å²) in [5.74, 6) is -2.73. The van der Waals surface area contributed by atoms with Crippen molar-refractivity contribution in [2.45, 2.75) is 69.2 Å². The Morgan fingerprint density at radius 3 is 2.06 bits per heavy atom. The van der Waals surface area contributed by atoms with Crippen LogP contribution in [0.25, 0.3) is 0 Å². The molecule has 1 aliphatic heterocycles. The number of carboxylic acid groups (broad SMARTS) is 1. The number of amides is 2. The number of aromatic hydroxyl groups is 1. The van der Waals surface area contributed by atoms with Crippen molar-refractivity contribution in [2.24, 2.45) is 0 Å². The second-order valence-electron chi connectivity index (χ2n) is 13.7. The van der Waals surface area contributed by atoms with Gasteiger partial charge in [0.1, 0.15) is 35.1 Å². The maximum atomic E-state index is 13.7. The van der Waals surface area contributed by atoms with Crippen molar-refractivity contribution in [1.82, 2.24) is 5.32 Å². The first-order valence-corrected chi connectivity index (χ1v) is 17.4. The number of ether oxygens (including phenoxy) is 2. The van der Waals surface area contributed by atoms with Crippen molar-refractivity contribution < 1.29 is 48.0 Å². The molecule has 0 saturated carbocycles. The van der Waals surface area contributed by atoms with Crippen molar-refractivity contribution in [3.8, 4) is 5.75 Å². The summed E-state index contributed by atoms with van der Waals surface area (Å²) in [6.45, 7) is 1.89. The summed E-state index contributed by atoms with van der Waals surface area (Å²) in [5.41, 5.74) is 1.29. The number of carbonyl (C=O) groups excluding carboxylic acids is 2. The fraction of sp³-hybridized carbons (Fsp3) is 0.341. The molecule has 10 nitrogen and oxygen atoms in total. The van der Waals surface area contributed by atoms with Crippen molar-refractivity contribution in [3.05, 3.63) is 131 Å². The molecule has 280 valence electrons. The fourth-order valence-corrected chi connectivity index (χ4v) is 6.13. The molecule has 0 bridgehead atoms. The van der Waals surface area contributed by atoms with Crippen LogP contribution in [0.15, 0.2) is 97.1 Å². The highest BCUT2D eigenvalue weighted by Gasteiger charge is 2.41. The van der Waals surface area contributed by atoms with Crippen LogP contribution in [0, 0.1) is 11.6 Å². The Bertz CT molecular complexity index is 1830. The monoisotopic (exact) mass is 730 g/mol. The molecule has 2 amide bonds. The van der Waals surface area contributed by atoms with Crippen LogP contribution in [-0.4, -0.2) is 64.1 Å². The molecule has 12 heteroatoms. The SMILES string of the molecule is CC(Cc1ccc(O)cc1)(NC(=O)COC1(CCc2ccc(CN(C(=O)CCCC(O)c3ccc(F)cc3)c3ccc(F)cc3)cc2)COC1)C(=O)O. The predicted octanol–water partition coefficient (Wildman–Crippen LogP) is 6.03. The minimum atomic E-state index is -1.59. The molecular formula is C41H44F2N2O8. The Morgan fingerprint density at radius 2 is 1.47 bits per heavy atom. The van der Waals surface area contributed by atoms with Gasteiger partial charge in [0.15, 0.2) is 0 Å². The lowest BCUT2D eigenvalue weighted by Gasteiger charge is -2.41. The summed E-state index contributed by atoms with van der Waals surface area (Å²) in [5, 5.41) is 32.5. The number of nitrogens with zero attached hydrogens (tertiary/aromatic N) is 1. The van der Waals surface area contributed by atoms with Crippen LogP contribution in [0.2, 0.25) is 0 Å². The van der Waals surface area contributed by atoms with E-state index in [2.05, 4.69) is 5.32 Å². The molecule has 2 unspecified atom stereocenters. The summed E-state index contributed by atoms with van der Waals surface area (Å²) in [7, 11) is 0. The van der Waals surface area contributed by atoms with Crippen LogP contribution in [-0.2, 0) is 43.2 Å². The summed E-state index contributed by atoms with van der Waals surface area (Å²) in [4.78, 5) is 40.0. The topological polar surface area (TPSA) is 146 Å². The van der Waals surface area contributed by atoms with E-state index >= 15 is 0 Å². The Balaban J connectivity index is 1.14. The van der Waals surface area contributed by atoms with Gasteiger partial charge in [-0.05, 0) is 103 Å². The average molecular weight is 731 g/mol. The molecule has 1 heterocycles. The van der Waals surface area contributed by atoms with Gasteiger partial charge in [-0.2, -0.15) is 0 Å². The van der Waals surface area contributed by atoms with Gasteiger partial charge in [-0.3, -0.25) is 9.59 Å². The number of aliphatic hydroxyl groups excluding tert-OH is 1. The molecule has 0 spiro atoms. The molecule has 53 heavy (non-hydrogen) atoms. The number of benzene rings is 4. The van der Waals surface area contributed by atoms with E-state index in [1.165, 1.54) is 55.5 Å². The number of anilines is 1. The standard InChI is InChI=1S/C41H44F2N2O8/c1-40(39(50)51,23-29-9-19-35(46)20-10-29)44-37(48)25-53-41(26-52-27-41)22-21-28-5-7-30(8-6-28)24-45(34-17-15-33(43)16-18-34)38(49)4-2-3-36(47)31-11-13-32(42)14-12-31/h5-20,36,46-47H,2-4,21-27H2,1H3,(H,44,48)(H,50,51). The number of carboxylic acids is 1. The van der Waals surface area contributed by atoms with E-state index in [9.17, 15) is 38.5 Å². The zero-order chi connectivity index (χ0) is 38.0. The lowest BCUT2D eigenvalue weighted by atomic mass is 9.92. The van der Waals surface area contributed by atoms with Crippen LogP contribution in [0.5, 0.6) is 5.75 Å². The third-order valence-corrected chi connectivity index (χ3v) is 9.42. The molecular weight excluding hydrogens is 686 g/mol. The van der Waals surface area contributed by atoms with E-state index in [0.29, 0.717) is 42.5 Å². The number of phenols is 1. The fourth-order valence-electron chi connectivity index (χ4n) is 6.13. The maximum absolute atomic E-state index is 13.7. The molecule has 2 atom stereocenters. The first-order chi connectivity index (χ1) is 25.3. The Kier molecular flexibility index (Phi) is 12.9. The Morgan fingerprint density at radius 1 is 0.887 bits per heavy atom. The zero-order valence-electron chi connectivity index (χ0n) is 29.5. The number of hydrogen-bond donors (Lipinski definition) is 4. The van der Waals surface area contributed by atoms with Gasteiger partial charge in [-0.25, -0.2) is 13.6 Å². The molecule has 1 aliphatic rings. The smallest absolute Gasteiger partial charge is 0.329 e. The van der Waals surface area contributed by atoms with Gasteiger partial charge in [0.2, 0.25) is 11.8 Å². The number of nitrogens with one attached hydrogen (secondary N) is 1. The summed E-state index contributed by atoms with van der Waals surface area (Å²) in [6, 6.07) is 25.1. The first kappa shape index (κ1) is 39.0. The van der Waals surface area contributed by atoms with E-state index in [1.807, 2.05) is 24.3 Å². The average Bonchev–Trinajstić information content (AvgIpc) is 3.12. The van der Waals surface area contributed by atoms with Crippen molar-refractivity contribution >= 4 is 23.5 Å². The van der Waals surface area contributed by atoms with E-state index in [4.69, 9.17) is 9.47 Å². The highest BCUT2D eigenvalue weighted by molar-refractivity contribution is 5.93. The molecule has 5 rings (SSSR count). The van der Waals surface area contributed by atoms with Crippen LogP contribution in [0.1, 0.15) is 61.0 Å². The second kappa shape index (κ2) is 17.6. The Labute approximate surface area is 307 Å². The first-order valence-electron chi connectivity index (χ1n) is 17.4. The molecule has 1 saturated heterocycles. The van der Waals surface area contributed by atoms with E-state index in [-0.39, 0.29) is 50.9 Å². The van der Waals surface area contributed by atoms with Gasteiger partial charge in [-0.1, -0.05) is 48.5 Å². The van der Waals surface area contributed by atoms with Gasteiger partial charge < -0.3 is 35.0 Å². The number of phenolic OH excluding ortho intramolecular Hbond substituents is 1. The highest BCUT2D eigenvalue weighted by Crippen LogP contribution is 2.29. The largest absolute Gasteiger partial charge is 0.508 e. The normalized spacial score (nSPS) is 15.1. The second-order valence-corrected chi connectivity index (χ2v) is 13.7.